The summed E-state index contributed by atoms with van der Waals surface area (Å²) < 4.78 is 33.7. The number of ether oxygens (including phenoxy) is 1. The molecule has 3 aliphatic heterocycles. The molecule has 1 aromatic rings. The third-order valence-electron chi connectivity index (χ3n) is 10.9. The van der Waals surface area contributed by atoms with Crippen LogP contribution in [0.4, 0.5) is 9.59 Å². The van der Waals surface area contributed by atoms with E-state index >= 15 is 0 Å². The predicted octanol–water partition coefficient (Wildman–Crippen LogP) is 3.57. The van der Waals surface area contributed by atoms with Crippen molar-refractivity contribution in [3.8, 4) is 0 Å². The fourth-order valence-corrected chi connectivity index (χ4v) is 8.74. The highest BCUT2D eigenvalue weighted by Crippen LogP contribution is 2.46. The Bertz CT molecular complexity index is 1760. The quantitative estimate of drug-likeness (QED) is 0.382. The molecule has 0 bridgehead atoms. The number of amides is 6. The number of nitrogens with one attached hydrogen (secondary N) is 3. The zero-order valence-corrected chi connectivity index (χ0v) is 31.7. The average molecular weight is 761 g/mol. The number of hydrogen-bond acceptors (Lipinski definition) is 8. The van der Waals surface area contributed by atoms with Crippen LogP contribution in [-0.2, 0) is 42.2 Å². The lowest BCUT2D eigenvalue weighted by Crippen LogP contribution is -2.59. The summed E-state index contributed by atoms with van der Waals surface area (Å²) >= 11 is 6.37. The van der Waals surface area contributed by atoms with Gasteiger partial charge in [-0.05, 0) is 76.5 Å². The number of benzene rings is 1. The molecular weight excluding hydrogens is 712 g/mol. The number of sulfonamides is 1. The fourth-order valence-electron chi connectivity index (χ4n) is 7.12. The maximum absolute atomic E-state index is 14.4. The summed E-state index contributed by atoms with van der Waals surface area (Å²) in [4.78, 5) is 73.5. The van der Waals surface area contributed by atoms with Gasteiger partial charge in [-0.15, -0.1) is 0 Å². The summed E-state index contributed by atoms with van der Waals surface area (Å²) in [6.07, 6.45) is 6.51. The molecule has 3 heterocycles. The minimum Gasteiger partial charge on any atom is -0.444 e. The largest absolute Gasteiger partial charge is 0.444 e. The molecule has 52 heavy (non-hydrogen) atoms. The average Bonchev–Trinajstić information content (AvgIpc) is 3.96. The van der Waals surface area contributed by atoms with Crippen LogP contribution in [0.1, 0.15) is 89.7 Å². The fraction of sp³-hybridized carbons (Fsp3) is 0.639. The van der Waals surface area contributed by atoms with Crippen LogP contribution in [0, 0.1) is 5.92 Å². The van der Waals surface area contributed by atoms with Crippen molar-refractivity contribution >= 4 is 51.5 Å². The molecule has 1 saturated heterocycles. The second-order valence-electron chi connectivity index (χ2n) is 15.7. The standard InChI is InChI=1S/C36H49ClN6O8S/c1-35(2,3)41(4)33(47)38-28-14-9-7-5-6-8-12-23-18-36(23,32(46)40-52(49,50)25-15-16-25)39-30(44)29-17-24(20-43(29)31(28)45)51-34(48)42-19-22-11-10-13-27(37)26(22)21-42/h8,10-13,23-25,28-29H,5-7,9,14-21H2,1-4H3,(H,38,47)(H,39,44)(H,40,46)/b12-8-/t23-,24+,28-,29-,36+/m0/s1. The Morgan fingerprint density at radius 3 is 2.52 bits per heavy atom. The van der Waals surface area contributed by atoms with Gasteiger partial charge in [0.05, 0.1) is 18.3 Å². The first kappa shape index (κ1) is 37.9. The van der Waals surface area contributed by atoms with E-state index in [9.17, 15) is 32.4 Å². The van der Waals surface area contributed by atoms with E-state index in [0.29, 0.717) is 43.7 Å². The van der Waals surface area contributed by atoms with Gasteiger partial charge in [0.15, 0.2) is 0 Å². The SMILES string of the molecule is CN(C(=O)N[C@H]1CCCCC/C=C\[C@H]2C[C@@]2(C(=O)NS(=O)(=O)C2CC2)NC(=O)[C@@H]2C[C@@H](OC(=O)N3Cc4cccc(Cl)c4C3)CN2C1=O)C(C)(C)C. The Morgan fingerprint density at radius 1 is 1.08 bits per heavy atom. The van der Waals surface area contributed by atoms with Crippen molar-refractivity contribution in [3.05, 3.63) is 46.5 Å². The molecule has 6 amide bonds. The number of rotatable bonds is 5. The van der Waals surface area contributed by atoms with Crippen molar-refractivity contribution in [3.63, 3.8) is 0 Å². The van der Waals surface area contributed by atoms with Crippen LogP contribution in [-0.4, -0.2) is 101 Å². The number of urea groups is 1. The molecule has 0 radical (unpaired) electrons. The second kappa shape index (κ2) is 14.5. The normalized spacial score (nSPS) is 28.6. The van der Waals surface area contributed by atoms with Gasteiger partial charge in [0.2, 0.25) is 21.8 Å². The lowest BCUT2D eigenvalue weighted by molar-refractivity contribution is -0.141. The van der Waals surface area contributed by atoms with Crippen molar-refractivity contribution in [2.45, 2.75) is 126 Å². The van der Waals surface area contributed by atoms with Gasteiger partial charge in [-0.25, -0.2) is 18.0 Å². The van der Waals surface area contributed by atoms with Crippen LogP contribution in [0.15, 0.2) is 30.4 Å². The topological polar surface area (TPSA) is 175 Å². The van der Waals surface area contributed by atoms with Gasteiger partial charge in [-0.1, -0.05) is 48.7 Å². The van der Waals surface area contributed by atoms with Crippen molar-refractivity contribution in [1.29, 1.82) is 0 Å². The van der Waals surface area contributed by atoms with Crippen LogP contribution in [0.2, 0.25) is 5.02 Å². The summed E-state index contributed by atoms with van der Waals surface area (Å²) in [5, 5.41) is 5.62. The minimum atomic E-state index is -3.90. The molecule has 14 nitrogen and oxygen atoms in total. The van der Waals surface area contributed by atoms with E-state index in [1.54, 1.807) is 13.1 Å². The Labute approximate surface area is 310 Å². The van der Waals surface area contributed by atoms with E-state index in [2.05, 4.69) is 15.4 Å². The van der Waals surface area contributed by atoms with E-state index in [0.717, 1.165) is 24.0 Å². The van der Waals surface area contributed by atoms with Gasteiger partial charge in [0, 0.05) is 36.5 Å². The van der Waals surface area contributed by atoms with E-state index in [1.807, 2.05) is 45.1 Å². The number of carbonyl (C=O) groups is 5. The Hall–Kier alpha value is -3.85. The molecule has 1 aromatic carbocycles. The van der Waals surface area contributed by atoms with Crippen molar-refractivity contribution in [1.82, 2.24) is 30.1 Å². The molecule has 3 fully saturated rings. The number of allylic oxidation sites excluding steroid dienone is 1. The number of halogens is 1. The molecule has 3 N–H and O–H groups in total. The van der Waals surface area contributed by atoms with Crippen molar-refractivity contribution in [2.75, 3.05) is 13.6 Å². The Morgan fingerprint density at radius 2 is 1.83 bits per heavy atom. The second-order valence-corrected chi connectivity index (χ2v) is 18.1. The highest BCUT2D eigenvalue weighted by molar-refractivity contribution is 7.91. The van der Waals surface area contributed by atoms with Gasteiger partial charge >= 0.3 is 12.1 Å². The van der Waals surface area contributed by atoms with Crippen LogP contribution >= 0.6 is 11.6 Å². The van der Waals surface area contributed by atoms with E-state index in [4.69, 9.17) is 16.3 Å². The zero-order chi connectivity index (χ0) is 37.6. The van der Waals surface area contributed by atoms with E-state index < -0.39 is 80.3 Å². The van der Waals surface area contributed by atoms with Crippen LogP contribution in [0.5, 0.6) is 0 Å². The molecular formula is C36H49ClN6O8S. The van der Waals surface area contributed by atoms with Gasteiger partial charge in [0.1, 0.15) is 23.7 Å². The van der Waals surface area contributed by atoms with E-state index in [-0.39, 0.29) is 25.9 Å². The number of carbonyl (C=O) groups excluding carboxylic acids is 5. The van der Waals surface area contributed by atoms with Crippen molar-refractivity contribution < 1.29 is 37.1 Å². The molecule has 2 aliphatic carbocycles. The highest BCUT2D eigenvalue weighted by atomic mass is 35.5. The van der Waals surface area contributed by atoms with E-state index in [1.165, 1.54) is 14.7 Å². The predicted molar refractivity (Wildman–Crippen MR) is 192 cm³/mol. The monoisotopic (exact) mass is 760 g/mol. The third kappa shape index (κ3) is 8.04. The molecule has 0 aromatic heterocycles. The van der Waals surface area contributed by atoms with Gasteiger partial charge in [-0.3, -0.25) is 24.0 Å². The minimum absolute atomic E-state index is 0.0635. The highest BCUT2D eigenvalue weighted by Gasteiger charge is 2.62. The Balaban J connectivity index is 1.26. The summed E-state index contributed by atoms with van der Waals surface area (Å²) in [6, 6.07) is 2.85. The number of fused-ring (bicyclic) bond motifs is 3. The molecule has 2 saturated carbocycles. The van der Waals surface area contributed by atoms with Gasteiger partial charge in [0.25, 0.3) is 5.91 Å². The Kier molecular flexibility index (Phi) is 10.6. The van der Waals surface area contributed by atoms with Crippen LogP contribution in [0.25, 0.3) is 0 Å². The maximum Gasteiger partial charge on any atom is 0.410 e. The maximum atomic E-state index is 14.4. The van der Waals surface area contributed by atoms with Crippen LogP contribution in [0.3, 0.4) is 0 Å². The molecule has 5 aliphatic rings. The van der Waals surface area contributed by atoms with Gasteiger partial charge < -0.3 is 25.2 Å². The third-order valence-corrected chi connectivity index (χ3v) is 13.1. The van der Waals surface area contributed by atoms with Crippen molar-refractivity contribution in [2.24, 2.45) is 5.92 Å². The summed E-state index contributed by atoms with van der Waals surface area (Å²) in [5.74, 6) is -2.44. The van der Waals surface area contributed by atoms with Crippen LogP contribution < -0.4 is 15.4 Å². The lowest BCUT2D eigenvalue weighted by Gasteiger charge is -2.35. The number of hydrogen-bond donors (Lipinski definition) is 3. The molecule has 0 spiro atoms. The zero-order valence-electron chi connectivity index (χ0n) is 30.2. The molecule has 0 unspecified atom stereocenters. The van der Waals surface area contributed by atoms with Gasteiger partial charge in [-0.2, -0.15) is 0 Å². The molecule has 6 rings (SSSR count). The summed E-state index contributed by atoms with van der Waals surface area (Å²) in [5.41, 5.74) is -0.328. The number of nitrogens with zero attached hydrogens (tertiary/aromatic N) is 3. The first-order chi connectivity index (χ1) is 24.5. The summed E-state index contributed by atoms with van der Waals surface area (Å²) in [6.45, 7) is 6.04. The smallest absolute Gasteiger partial charge is 0.410 e. The first-order valence-electron chi connectivity index (χ1n) is 18.1. The molecule has 284 valence electrons. The molecule has 16 heteroatoms. The molecule has 5 atom stereocenters. The lowest BCUT2D eigenvalue weighted by atomic mass is 10.0. The summed E-state index contributed by atoms with van der Waals surface area (Å²) in [7, 11) is -2.26. The first-order valence-corrected chi connectivity index (χ1v) is 20.0.